The van der Waals surface area contributed by atoms with Crippen LogP contribution in [0, 0.1) is 5.92 Å². The first-order valence-corrected chi connectivity index (χ1v) is 8.29. The average molecular weight is 295 g/mol. The lowest BCUT2D eigenvalue weighted by atomic mass is 10.1. The molecule has 1 fully saturated rings. The normalized spacial score (nSPS) is 18.2. The summed E-state index contributed by atoms with van der Waals surface area (Å²) in [6, 6.07) is 4.27. The van der Waals surface area contributed by atoms with Crippen molar-refractivity contribution >= 4 is 17.2 Å². The van der Waals surface area contributed by atoms with Gasteiger partial charge in [0.1, 0.15) is 0 Å². The van der Waals surface area contributed by atoms with Crippen molar-refractivity contribution in [3.05, 3.63) is 22.4 Å². The molecule has 1 aliphatic heterocycles. The molecule has 2 rings (SSSR count). The number of carbonyl (C=O) groups excluding carboxylic acids is 1. The molecule has 5 heteroatoms. The Labute approximate surface area is 125 Å². The highest BCUT2D eigenvalue weighted by molar-refractivity contribution is 7.09. The van der Waals surface area contributed by atoms with Crippen molar-refractivity contribution in [2.24, 2.45) is 11.7 Å². The van der Waals surface area contributed by atoms with E-state index in [9.17, 15) is 4.79 Å². The second kappa shape index (κ2) is 7.76. The van der Waals surface area contributed by atoms with E-state index >= 15 is 0 Å². The molecule has 0 aliphatic carbocycles. The Kier molecular flexibility index (Phi) is 6.01. The van der Waals surface area contributed by atoms with Gasteiger partial charge >= 0.3 is 0 Å². The molecule has 0 bridgehead atoms. The Morgan fingerprint density at radius 2 is 2.15 bits per heavy atom. The van der Waals surface area contributed by atoms with E-state index in [0.29, 0.717) is 24.8 Å². The SMILES string of the molecule is CC(CN)CCC(=O)N1CCN(Cc2cccs2)CC1. The average Bonchev–Trinajstić information content (AvgIpc) is 2.98. The monoisotopic (exact) mass is 295 g/mol. The van der Waals surface area contributed by atoms with E-state index in [1.54, 1.807) is 11.3 Å². The summed E-state index contributed by atoms with van der Waals surface area (Å²) >= 11 is 1.80. The number of nitrogens with zero attached hydrogens (tertiary/aromatic N) is 2. The number of carbonyl (C=O) groups is 1. The van der Waals surface area contributed by atoms with Crippen molar-refractivity contribution in [1.29, 1.82) is 0 Å². The predicted molar refractivity (Wildman–Crippen MR) is 83.6 cm³/mol. The molecule has 0 spiro atoms. The Morgan fingerprint density at radius 1 is 1.40 bits per heavy atom. The van der Waals surface area contributed by atoms with Gasteiger partial charge in [-0.05, 0) is 30.3 Å². The highest BCUT2D eigenvalue weighted by Gasteiger charge is 2.21. The van der Waals surface area contributed by atoms with Gasteiger partial charge in [0.2, 0.25) is 5.91 Å². The first-order chi connectivity index (χ1) is 9.69. The standard InChI is InChI=1S/C15H25N3OS/c1-13(11-16)4-5-15(19)18-8-6-17(7-9-18)12-14-3-2-10-20-14/h2-3,10,13H,4-9,11-12,16H2,1H3. The molecule has 1 atom stereocenters. The zero-order chi connectivity index (χ0) is 14.4. The third kappa shape index (κ3) is 4.58. The van der Waals surface area contributed by atoms with Crippen molar-refractivity contribution in [3.8, 4) is 0 Å². The predicted octanol–water partition coefficient (Wildman–Crippen LogP) is 1.77. The van der Waals surface area contributed by atoms with Gasteiger partial charge in [-0.25, -0.2) is 0 Å². The maximum Gasteiger partial charge on any atom is 0.222 e. The van der Waals surface area contributed by atoms with Gasteiger partial charge in [-0.2, -0.15) is 0 Å². The number of hydrogen-bond acceptors (Lipinski definition) is 4. The molecule has 0 radical (unpaired) electrons. The second-order valence-corrected chi connectivity index (χ2v) is 6.65. The molecule has 1 saturated heterocycles. The van der Waals surface area contributed by atoms with Crippen LogP contribution in [-0.2, 0) is 11.3 Å². The molecule has 1 aromatic rings. The smallest absolute Gasteiger partial charge is 0.222 e. The van der Waals surface area contributed by atoms with Gasteiger partial charge < -0.3 is 10.6 Å². The number of hydrogen-bond donors (Lipinski definition) is 1. The lowest BCUT2D eigenvalue weighted by Gasteiger charge is -2.34. The number of thiophene rings is 1. The fourth-order valence-electron chi connectivity index (χ4n) is 2.42. The second-order valence-electron chi connectivity index (χ2n) is 5.62. The van der Waals surface area contributed by atoms with Crippen molar-refractivity contribution in [3.63, 3.8) is 0 Å². The largest absolute Gasteiger partial charge is 0.340 e. The van der Waals surface area contributed by atoms with E-state index in [1.165, 1.54) is 4.88 Å². The molecular weight excluding hydrogens is 270 g/mol. The number of nitrogens with two attached hydrogens (primary N) is 1. The highest BCUT2D eigenvalue weighted by atomic mass is 32.1. The molecule has 2 heterocycles. The summed E-state index contributed by atoms with van der Waals surface area (Å²) in [5.41, 5.74) is 5.59. The lowest BCUT2D eigenvalue weighted by molar-refractivity contribution is -0.133. The molecule has 1 aromatic heterocycles. The summed E-state index contributed by atoms with van der Waals surface area (Å²) in [4.78, 5) is 18.0. The summed E-state index contributed by atoms with van der Waals surface area (Å²) in [6.45, 7) is 7.48. The van der Waals surface area contributed by atoms with E-state index in [4.69, 9.17) is 5.73 Å². The third-order valence-electron chi connectivity index (χ3n) is 3.94. The maximum atomic E-state index is 12.1. The minimum atomic E-state index is 0.293. The maximum absolute atomic E-state index is 12.1. The number of rotatable bonds is 6. The number of piperazine rings is 1. The number of amides is 1. The molecule has 0 saturated carbocycles. The van der Waals surface area contributed by atoms with Crippen LogP contribution in [0.2, 0.25) is 0 Å². The van der Waals surface area contributed by atoms with Crippen LogP contribution in [0.3, 0.4) is 0 Å². The summed E-state index contributed by atoms with van der Waals surface area (Å²) < 4.78 is 0. The zero-order valence-electron chi connectivity index (χ0n) is 12.3. The lowest BCUT2D eigenvalue weighted by Crippen LogP contribution is -2.48. The first-order valence-electron chi connectivity index (χ1n) is 7.41. The molecule has 1 amide bonds. The van der Waals surface area contributed by atoms with Crippen LogP contribution in [0.25, 0.3) is 0 Å². The molecule has 1 aliphatic rings. The highest BCUT2D eigenvalue weighted by Crippen LogP contribution is 2.14. The molecule has 1 unspecified atom stereocenters. The van der Waals surface area contributed by atoms with Crippen molar-refractivity contribution in [2.75, 3.05) is 32.7 Å². The van der Waals surface area contributed by atoms with Gasteiger partial charge in [-0.15, -0.1) is 11.3 Å². The van der Waals surface area contributed by atoms with E-state index in [-0.39, 0.29) is 0 Å². The third-order valence-corrected chi connectivity index (χ3v) is 4.80. The zero-order valence-corrected chi connectivity index (χ0v) is 13.1. The van der Waals surface area contributed by atoms with Gasteiger partial charge in [-0.3, -0.25) is 9.69 Å². The molecular formula is C15H25N3OS. The van der Waals surface area contributed by atoms with Crippen molar-refractivity contribution < 1.29 is 4.79 Å². The Morgan fingerprint density at radius 3 is 2.75 bits per heavy atom. The topological polar surface area (TPSA) is 49.6 Å². The molecule has 112 valence electrons. The van der Waals surface area contributed by atoms with E-state index < -0.39 is 0 Å². The Hall–Kier alpha value is -0.910. The van der Waals surface area contributed by atoms with E-state index in [1.807, 2.05) is 4.90 Å². The minimum absolute atomic E-state index is 0.293. The molecule has 2 N–H and O–H groups in total. The summed E-state index contributed by atoms with van der Waals surface area (Å²) in [6.07, 6.45) is 1.55. The van der Waals surface area contributed by atoms with Crippen LogP contribution in [0.5, 0.6) is 0 Å². The van der Waals surface area contributed by atoms with Crippen LogP contribution in [-0.4, -0.2) is 48.4 Å². The van der Waals surface area contributed by atoms with Crippen LogP contribution in [0.1, 0.15) is 24.6 Å². The summed E-state index contributed by atoms with van der Waals surface area (Å²) in [5, 5.41) is 2.12. The molecule has 0 aromatic carbocycles. The Bertz CT molecular complexity index is 399. The first kappa shape index (κ1) is 15.5. The van der Waals surface area contributed by atoms with Crippen LogP contribution in [0.15, 0.2) is 17.5 Å². The van der Waals surface area contributed by atoms with Gasteiger partial charge in [-0.1, -0.05) is 13.0 Å². The van der Waals surface area contributed by atoms with Crippen molar-refractivity contribution in [2.45, 2.75) is 26.3 Å². The van der Waals surface area contributed by atoms with E-state index in [0.717, 1.165) is 39.1 Å². The van der Waals surface area contributed by atoms with Crippen molar-refractivity contribution in [1.82, 2.24) is 9.80 Å². The summed E-state index contributed by atoms with van der Waals surface area (Å²) in [7, 11) is 0. The van der Waals surface area contributed by atoms with E-state index in [2.05, 4.69) is 29.3 Å². The van der Waals surface area contributed by atoms with Gasteiger partial charge in [0.05, 0.1) is 0 Å². The fraction of sp³-hybridized carbons (Fsp3) is 0.667. The quantitative estimate of drug-likeness (QED) is 0.870. The van der Waals surface area contributed by atoms with Crippen LogP contribution >= 0.6 is 11.3 Å². The van der Waals surface area contributed by atoms with Gasteiger partial charge in [0.25, 0.3) is 0 Å². The molecule has 4 nitrogen and oxygen atoms in total. The van der Waals surface area contributed by atoms with Crippen LogP contribution < -0.4 is 5.73 Å². The van der Waals surface area contributed by atoms with Gasteiger partial charge in [0.15, 0.2) is 0 Å². The summed E-state index contributed by atoms with van der Waals surface area (Å²) in [5.74, 6) is 0.736. The fourth-order valence-corrected chi connectivity index (χ4v) is 3.17. The Balaban J connectivity index is 1.69. The van der Waals surface area contributed by atoms with Crippen LogP contribution in [0.4, 0.5) is 0 Å². The molecule has 20 heavy (non-hydrogen) atoms. The van der Waals surface area contributed by atoms with Gasteiger partial charge in [0, 0.05) is 44.0 Å². The minimum Gasteiger partial charge on any atom is -0.340 e.